The Morgan fingerprint density at radius 2 is 1.75 bits per heavy atom. The molecule has 6 heteroatoms. The van der Waals surface area contributed by atoms with Gasteiger partial charge in [-0.2, -0.15) is 0 Å². The third-order valence-corrected chi connectivity index (χ3v) is 9.67. The Morgan fingerprint density at radius 1 is 1.17 bits per heavy atom. The minimum absolute atomic E-state index is 0.0167. The maximum atomic E-state index is 13.1. The van der Waals surface area contributed by atoms with Crippen LogP contribution >= 0.6 is 47.8 Å². The van der Waals surface area contributed by atoms with Crippen LogP contribution in [0.15, 0.2) is 24.3 Å². The van der Waals surface area contributed by atoms with E-state index in [4.69, 9.17) is 0 Å². The molecule has 3 aliphatic rings. The summed E-state index contributed by atoms with van der Waals surface area (Å²) in [4.78, 5) is 24.6. The van der Waals surface area contributed by atoms with Crippen molar-refractivity contribution < 1.29 is 9.59 Å². The molecule has 1 aromatic rings. The second kappa shape index (κ2) is 5.92. The SMILES string of the molecule is CC(=O)c1ccc(NC(=O)[C@@]23CC[C@@](C(Br)Br)([C@@H]2Br)C3(C)C)cc1. The zero-order valence-corrected chi connectivity index (χ0v) is 18.6. The number of amides is 1. The number of carbonyl (C=O) groups is 2. The molecular weight excluding hydrogens is 502 g/mol. The Hall–Kier alpha value is -0.200. The van der Waals surface area contributed by atoms with Crippen molar-refractivity contribution in [2.45, 2.75) is 42.2 Å². The molecule has 0 saturated heterocycles. The number of nitrogens with one attached hydrogen (secondary N) is 1. The number of rotatable bonds is 4. The summed E-state index contributed by atoms with van der Waals surface area (Å²) in [5, 5.41) is 3.06. The Morgan fingerprint density at radius 3 is 2.17 bits per heavy atom. The van der Waals surface area contributed by atoms with E-state index in [1.54, 1.807) is 24.3 Å². The zero-order chi connectivity index (χ0) is 17.9. The van der Waals surface area contributed by atoms with Gasteiger partial charge in [-0.1, -0.05) is 61.6 Å². The third kappa shape index (κ3) is 2.11. The minimum atomic E-state index is -0.425. The number of carbonyl (C=O) groups excluding carboxylic acids is 2. The highest BCUT2D eigenvalue weighted by Crippen LogP contribution is 2.82. The van der Waals surface area contributed by atoms with Gasteiger partial charge in [0.15, 0.2) is 5.78 Å². The van der Waals surface area contributed by atoms with Gasteiger partial charge in [0, 0.05) is 21.5 Å². The van der Waals surface area contributed by atoms with Gasteiger partial charge in [0.05, 0.1) is 9.15 Å². The van der Waals surface area contributed by atoms with Crippen LogP contribution in [-0.4, -0.2) is 20.3 Å². The molecule has 3 aliphatic carbocycles. The van der Waals surface area contributed by atoms with Gasteiger partial charge in [-0.25, -0.2) is 0 Å². The lowest BCUT2D eigenvalue weighted by atomic mass is 9.43. The number of hydrogen-bond acceptors (Lipinski definition) is 2. The number of anilines is 1. The quantitative estimate of drug-likeness (QED) is 0.419. The lowest BCUT2D eigenvalue weighted by molar-refractivity contribution is -0.155. The summed E-state index contributed by atoms with van der Waals surface area (Å²) in [6, 6.07) is 7.08. The van der Waals surface area contributed by atoms with Crippen molar-refractivity contribution in [3.63, 3.8) is 0 Å². The molecule has 3 atom stereocenters. The smallest absolute Gasteiger partial charge is 0.232 e. The van der Waals surface area contributed by atoms with Crippen molar-refractivity contribution in [3.8, 4) is 0 Å². The lowest BCUT2D eigenvalue weighted by Crippen LogP contribution is -2.71. The van der Waals surface area contributed by atoms with Crippen molar-refractivity contribution in [2.75, 3.05) is 5.32 Å². The predicted molar refractivity (Wildman–Crippen MR) is 107 cm³/mol. The van der Waals surface area contributed by atoms with Crippen LogP contribution in [0.4, 0.5) is 5.69 Å². The number of halogens is 3. The Labute approximate surface area is 167 Å². The molecule has 3 saturated carbocycles. The van der Waals surface area contributed by atoms with E-state index in [0.29, 0.717) is 5.56 Å². The summed E-state index contributed by atoms with van der Waals surface area (Å²) in [6.07, 6.45) is 1.86. The molecule has 4 rings (SSSR count). The molecule has 3 fully saturated rings. The Balaban J connectivity index is 1.85. The summed E-state index contributed by atoms with van der Waals surface area (Å²) in [7, 11) is 0. The second-order valence-electron chi connectivity index (χ2n) is 7.39. The van der Waals surface area contributed by atoms with Crippen LogP contribution in [-0.2, 0) is 4.79 Å². The molecule has 0 aromatic heterocycles. The summed E-state index contributed by atoms with van der Waals surface area (Å²) < 4.78 is 0.162. The van der Waals surface area contributed by atoms with Gasteiger partial charge in [-0.3, -0.25) is 9.59 Å². The first-order valence-corrected chi connectivity index (χ1v) is 10.7. The van der Waals surface area contributed by atoms with Crippen LogP contribution in [0, 0.1) is 16.2 Å². The van der Waals surface area contributed by atoms with Crippen LogP contribution in [0.3, 0.4) is 0 Å². The van der Waals surface area contributed by atoms with Gasteiger partial charge in [0.1, 0.15) is 0 Å². The molecule has 0 unspecified atom stereocenters. The first kappa shape index (κ1) is 18.6. The average Bonchev–Trinajstić information content (AvgIpc) is 2.97. The van der Waals surface area contributed by atoms with E-state index in [-0.39, 0.29) is 31.1 Å². The molecule has 0 radical (unpaired) electrons. The van der Waals surface area contributed by atoms with Crippen molar-refractivity contribution in [2.24, 2.45) is 16.2 Å². The molecule has 1 amide bonds. The summed E-state index contributed by atoms with van der Waals surface area (Å²) in [5.74, 6) is 0.0760. The van der Waals surface area contributed by atoms with Gasteiger partial charge in [0.2, 0.25) is 5.91 Å². The van der Waals surface area contributed by atoms with E-state index in [9.17, 15) is 9.59 Å². The molecule has 0 heterocycles. The molecule has 1 aromatic carbocycles. The summed E-state index contributed by atoms with van der Waals surface area (Å²) in [5.41, 5.74) is 0.840. The molecular formula is C18H20Br3NO2. The number of ketones is 1. The zero-order valence-electron chi connectivity index (χ0n) is 13.8. The lowest BCUT2D eigenvalue weighted by Gasteiger charge is -2.66. The number of hydrogen-bond donors (Lipinski definition) is 1. The average molecular weight is 522 g/mol. The monoisotopic (exact) mass is 519 g/mol. The van der Waals surface area contributed by atoms with Crippen molar-refractivity contribution >= 4 is 65.2 Å². The fraction of sp³-hybridized carbons (Fsp3) is 0.556. The summed E-state index contributed by atoms with van der Waals surface area (Å²) >= 11 is 11.2. The maximum Gasteiger partial charge on any atom is 0.232 e. The molecule has 3 nitrogen and oxygen atoms in total. The highest BCUT2D eigenvalue weighted by molar-refractivity contribution is 9.24. The van der Waals surface area contributed by atoms with E-state index < -0.39 is 5.41 Å². The number of benzene rings is 1. The molecule has 130 valence electrons. The van der Waals surface area contributed by atoms with Gasteiger partial charge in [0.25, 0.3) is 0 Å². The van der Waals surface area contributed by atoms with Gasteiger partial charge in [-0.05, 0) is 49.4 Å². The second-order valence-corrected chi connectivity index (χ2v) is 11.4. The van der Waals surface area contributed by atoms with Gasteiger partial charge < -0.3 is 5.32 Å². The summed E-state index contributed by atoms with van der Waals surface area (Å²) in [6.45, 7) is 5.91. The molecule has 0 aliphatic heterocycles. The Bertz CT molecular complexity index is 701. The van der Waals surface area contributed by atoms with Crippen LogP contribution in [0.1, 0.15) is 44.0 Å². The maximum absolute atomic E-state index is 13.1. The van der Waals surface area contributed by atoms with Gasteiger partial charge in [-0.15, -0.1) is 0 Å². The third-order valence-electron chi connectivity index (χ3n) is 6.44. The molecule has 2 bridgehead atoms. The van der Waals surface area contributed by atoms with E-state index in [0.717, 1.165) is 18.5 Å². The van der Waals surface area contributed by atoms with Crippen LogP contribution in [0.2, 0.25) is 0 Å². The largest absolute Gasteiger partial charge is 0.326 e. The highest BCUT2D eigenvalue weighted by Gasteiger charge is 2.83. The van der Waals surface area contributed by atoms with Crippen LogP contribution < -0.4 is 5.32 Å². The molecule has 1 N–H and O–H groups in total. The van der Waals surface area contributed by atoms with E-state index in [1.807, 2.05) is 0 Å². The normalized spacial score (nSPS) is 33.2. The molecule has 0 spiro atoms. The predicted octanol–water partition coefficient (Wildman–Crippen LogP) is 5.51. The molecule has 24 heavy (non-hydrogen) atoms. The van der Waals surface area contributed by atoms with Gasteiger partial charge >= 0.3 is 0 Å². The van der Waals surface area contributed by atoms with Crippen LogP contribution in [0.5, 0.6) is 0 Å². The fourth-order valence-corrected chi connectivity index (χ4v) is 9.64. The highest BCUT2D eigenvalue weighted by atomic mass is 79.9. The first-order chi connectivity index (χ1) is 11.1. The topological polar surface area (TPSA) is 46.2 Å². The number of Topliss-reactive ketones (excluding diaryl/α,β-unsaturated/α-hetero) is 1. The van der Waals surface area contributed by atoms with E-state index >= 15 is 0 Å². The first-order valence-electron chi connectivity index (χ1n) is 7.96. The van der Waals surface area contributed by atoms with Crippen molar-refractivity contribution in [1.82, 2.24) is 0 Å². The Kier molecular flexibility index (Phi) is 4.58. The van der Waals surface area contributed by atoms with E-state index in [2.05, 4.69) is 67.0 Å². The number of alkyl halides is 3. The standard InChI is InChI=1S/C18H20Br3NO2/c1-10(23)11-4-6-12(7-5-11)22-15(24)18-9-8-17(13(18)19,14(20)21)16(18,2)3/h4-7,13-14H,8-9H2,1-3H3,(H,22,24)/t13-,17-,18+/m0/s1. The van der Waals surface area contributed by atoms with Crippen molar-refractivity contribution in [1.29, 1.82) is 0 Å². The van der Waals surface area contributed by atoms with Crippen molar-refractivity contribution in [3.05, 3.63) is 29.8 Å². The minimum Gasteiger partial charge on any atom is -0.326 e. The van der Waals surface area contributed by atoms with E-state index in [1.165, 1.54) is 6.92 Å². The fourth-order valence-electron chi connectivity index (χ4n) is 4.73. The number of fused-ring (bicyclic) bond motifs is 1. The van der Waals surface area contributed by atoms with Crippen LogP contribution in [0.25, 0.3) is 0 Å².